The molecule has 2 aromatic carbocycles. The number of Topliss-reactive ketones (excluding diaryl/α,β-unsaturated/α-hetero) is 1. The maximum atomic E-state index is 11.9. The van der Waals surface area contributed by atoms with Crippen molar-refractivity contribution in [1.29, 1.82) is 0 Å². The van der Waals surface area contributed by atoms with E-state index in [0.717, 1.165) is 22.5 Å². The van der Waals surface area contributed by atoms with Crippen LogP contribution in [0.2, 0.25) is 0 Å². The molecule has 3 aromatic rings. The summed E-state index contributed by atoms with van der Waals surface area (Å²) >= 11 is 0. The maximum Gasteiger partial charge on any atom is 0.162 e. The number of ketones is 1. The van der Waals surface area contributed by atoms with E-state index in [0.29, 0.717) is 6.42 Å². The lowest BCUT2D eigenvalue weighted by molar-refractivity contribution is 0.0988. The summed E-state index contributed by atoms with van der Waals surface area (Å²) in [6, 6.07) is 19.6. The van der Waals surface area contributed by atoms with Gasteiger partial charge in [-0.05, 0) is 24.3 Å². The van der Waals surface area contributed by atoms with Gasteiger partial charge in [0.25, 0.3) is 0 Å². The molecule has 0 aliphatic heterocycles. The van der Waals surface area contributed by atoms with E-state index >= 15 is 0 Å². The number of aromatic nitrogens is 2. The zero-order chi connectivity index (χ0) is 14.7. The number of nitrogens with zero attached hydrogens (tertiary/aromatic N) is 2. The van der Waals surface area contributed by atoms with E-state index in [-0.39, 0.29) is 5.78 Å². The number of para-hydroxylation sites is 1. The van der Waals surface area contributed by atoms with Crippen molar-refractivity contribution in [3.05, 3.63) is 72.4 Å². The zero-order valence-electron chi connectivity index (χ0n) is 11.9. The lowest BCUT2D eigenvalue weighted by atomic mass is 10.0. The average Bonchev–Trinajstić information content (AvgIpc) is 3.04. The minimum Gasteiger partial charge on any atom is -0.294 e. The second-order valence-electron chi connectivity index (χ2n) is 4.82. The molecule has 0 N–H and O–H groups in total. The number of hydrogen-bond acceptors (Lipinski definition) is 2. The van der Waals surface area contributed by atoms with Gasteiger partial charge in [-0.2, -0.15) is 5.10 Å². The van der Waals surface area contributed by atoms with Crippen LogP contribution in [0.15, 0.2) is 66.9 Å². The fourth-order valence-electron chi connectivity index (χ4n) is 2.35. The fraction of sp³-hybridized carbons (Fsp3) is 0.111. The minimum absolute atomic E-state index is 0.155. The molecule has 21 heavy (non-hydrogen) atoms. The summed E-state index contributed by atoms with van der Waals surface area (Å²) < 4.78 is 1.88. The van der Waals surface area contributed by atoms with Crippen molar-refractivity contribution in [1.82, 2.24) is 9.78 Å². The minimum atomic E-state index is 0.155. The van der Waals surface area contributed by atoms with E-state index in [1.807, 2.05) is 72.3 Å². The summed E-state index contributed by atoms with van der Waals surface area (Å²) in [5, 5.41) is 4.39. The Morgan fingerprint density at radius 1 is 1.05 bits per heavy atom. The summed E-state index contributed by atoms with van der Waals surface area (Å²) in [6.45, 7) is 1.88. The van der Waals surface area contributed by atoms with Crippen LogP contribution in [-0.2, 0) is 0 Å². The third-order valence-electron chi connectivity index (χ3n) is 3.44. The van der Waals surface area contributed by atoms with Gasteiger partial charge in [-0.1, -0.05) is 43.3 Å². The lowest BCUT2D eigenvalue weighted by Crippen LogP contribution is -2.00. The Kier molecular flexibility index (Phi) is 3.65. The predicted molar refractivity (Wildman–Crippen MR) is 83.6 cm³/mol. The van der Waals surface area contributed by atoms with E-state index in [4.69, 9.17) is 0 Å². The molecule has 0 amide bonds. The van der Waals surface area contributed by atoms with Crippen LogP contribution in [-0.4, -0.2) is 15.6 Å². The lowest BCUT2D eigenvalue weighted by Gasteiger charge is -2.08. The van der Waals surface area contributed by atoms with Crippen LogP contribution in [0.5, 0.6) is 0 Å². The van der Waals surface area contributed by atoms with Gasteiger partial charge in [0.15, 0.2) is 5.78 Å². The van der Waals surface area contributed by atoms with Gasteiger partial charge in [-0.3, -0.25) is 4.79 Å². The SMILES string of the molecule is CCC(=O)c1cccc(-c2ccnn2-c2ccccc2)c1. The van der Waals surface area contributed by atoms with Gasteiger partial charge < -0.3 is 0 Å². The molecular formula is C18H16N2O. The van der Waals surface area contributed by atoms with E-state index < -0.39 is 0 Å². The fourth-order valence-corrected chi connectivity index (χ4v) is 2.35. The maximum absolute atomic E-state index is 11.9. The van der Waals surface area contributed by atoms with Crippen LogP contribution >= 0.6 is 0 Å². The molecular weight excluding hydrogens is 260 g/mol. The van der Waals surface area contributed by atoms with Crippen molar-refractivity contribution < 1.29 is 4.79 Å². The quantitative estimate of drug-likeness (QED) is 0.671. The Morgan fingerprint density at radius 3 is 2.62 bits per heavy atom. The van der Waals surface area contributed by atoms with Gasteiger partial charge in [-0.15, -0.1) is 0 Å². The standard InChI is InChI=1S/C18H16N2O/c1-2-18(21)15-8-6-7-14(13-15)17-11-12-19-20(17)16-9-4-3-5-10-16/h3-13H,2H2,1H3. The zero-order valence-corrected chi connectivity index (χ0v) is 11.9. The second-order valence-corrected chi connectivity index (χ2v) is 4.82. The molecule has 0 saturated carbocycles. The largest absolute Gasteiger partial charge is 0.294 e. The van der Waals surface area contributed by atoms with Crippen LogP contribution in [0.1, 0.15) is 23.7 Å². The van der Waals surface area contributed by atoms with E-state index in [1.54, 1.807) is 6.20 Å². The molecule has 104 valence electrons. The highest BCUT2D eigenvalue weighted by Crippen LogP contribution is 2.23. The van der Waals surface area contributed by atoms with E-state index in [2.05, 4.69) is 5.10 Å². The van der Waals surface area contributed by atoms with Gasteiger partial charge >= 0.3 is 0 Å². The second kappa shape index (κ2) is 5.75. The van der Waals surface area contributed by atoms with Gasteiger partial charge in [0.2, 0.25) is 0 Å². The van der Waals surface area contributed by atoms with Crippen molar-refractivity contribution in [3.63, 3.8) is 0 Å². The normalized spacial score (nSPS) is 10.5. The first-order valence-corrected chi connectivity index (χ1v) is 7.02. The van der Waals surface area contributed by atoms with Gasteiger partial charge in [-0.25, -0.2) is 4.68 Å². The first-order valence-electron chi connectivity index (χ1n) is 7.02. The first-order chi connectivity index (χ1) is 10.3. The van der Waals surface area contributed by atoms with Crippen molar-refractivity contribution in [2.45, 2.75) is 13.3 Å². The summed E-state index contributed by atoms with van der Waals surface area (Å²) in [5.41, 5.74) is 3.73. The molecule has 0 atom stereocenters. The third kappa shape index (κ3) is 2.63. The summed E-state index contributed by atoms with van der Waals surface area (Å²) in [7, 11) is 0. The summed E-state index contributed by atoms with van der Waals surface area (Å²) in [4.78, 5) is 11.9. The number of carbonyl (C=O) groups excluding carboxylic acids is 1. The molecule has 3 rings (SSSR count). The molecule has 0 aliphatic rings. The van der Waals surface area contributed by atoms with Crippen molar-refractivity contribution in [2.75, 3.05) is 0 Å². The average molecular weight is 276 g/mol. The summed E-state index contributed by atoms with van der Waals surface area (Å²) in [6.07, 6.45) is 2.29. The van der Waals surface area contributed by atoms with E-state index in [9.17, 15) is 4.79 Å². The number of benzene rings is 2. The topological polar surface area (TPSA) is 34.9 Å². The highest BCUT2D eigenvalue weighted by atomic mass is 16.1. The molecule has 0 aliphatic carbocycles. The Balaban J connectivity index is 2.07. The molecule has 0 unspecified atom stereocenters. The van der Waals surface area contributed by atoms with Crippen LogP contribution < -0.4 is 0 Å². The molecule has 0 spiro atoms. The summed E-state index contributed by atoms with van der Waals surface area (Å²) in [5.74, 6) is 0.155. The molecule has 0 fully saturated rings. The smallest absolute Gasteiger partial charge is 0.162 e. The van der Waals surface area contributed by atoms with Crippen LogP contribution in [0.4, 0.5) is 0 Å². The Morgan fingerprint density at radius 2 is 1.86 bits per heavy atom. The molecule has 0 saturated heterocycles. The van der Waals surface area contributed by atoms with Crippen LogP contribution in [0.3, 0.4) is 0 Å². The van der Waals surface area contributed by atoms with Crippen molar-refractivity contribution in [2.24, 2.45) is 0 Å². The molecule has 3 nitrogen and oxygen atoms in total. The highest BCUT2D eigenvalue weighted by molar-refractivity contribution is 5.96. The first kappa shape index (κ1) is 13.3. The molecule has 0 bridgehead atoms. The van der Waals surface area contributed by atoms with Gasteiger partial charge in [0.1, 0.15) is 0 Å². The highest BCUT2D eigenvalue weighted by Gasteiger charge is 2.09. The number of hydrogen-bond donors (Lipinski definition) is 0. The van der Waals surface area contributed by atoms with Crippen molar-refractivity contribution in [3.8, 4) is 16.9 Å². The number of carbonyl (C=O) groups is 1. The van der Waals surface area contributed by atoms with Gasteiger partial charge in [0, 0.05) is 17.5 Å². The van der Waals surface area contributed by atoms with Crippen LogP contribution in [0.25, 0.3) is 16.9 Å². The molecule has 0 radical (unpaired) electrons. The predicted octanol–water partition coefficient (Wildman–Crippen LogP) is 4.13. The Bertz CT molecular complexity index is 760. The van der Waals surface area contributed by atoms with Gasteiger partial charge in [0.05, 0.1) is 17.6 Å². The monoisotopic (exact) mass is 276 g/mol. The molecule has 1 heterocycles. The third-order valence-corrected chi connectivity index (χ3v) is 3.44. The molecule has 1 aromatic heterocycles. The van der Waals surface area contributed by atoms with Crippen LogP contribution in [0, 0.1) is 0 Å². The van der Waals surface area contributed by atoms with E-state index in [1.165, 1.54) is 0 Å². The Labute approximate surface area is 123 Å². The Hall–Kier alpha value is -2.68. The van der Waals surface area contributed by atoms with Crippen molar-refractivity contribution >= 4 is 5.78 Å². The molecule has 3 heteroatoms. The number of rotatable bonds is 4.